The largest absolute Gasteiger partial charge is 0.379 e. The van der Waals surface area contributed by atoms with Crippen LogP contribution in [0, 0.1) is 0 Å². The van der Waals surface area contributed by atoms with E-state index in [4.69, 9.17) is 4.74 Å². The fraction of sp³-hybridized carbons (Fsp3) is 1.00. The van der Waals surface area contributed by atoms with Gasteiger partial charge in [0.1, 0.15) is 0 Å². The Morgan fingerprint density at radius 1 is 0.684 bits per heavy atom. The highest BCUT2D eigenvalue weighted by atomic mass is 31.1. The molecule has 0 radical (unpaired) electrons. The monoisotopic (exact) mass is 283 g/mol. The summed E-state index contributed by atoms with van der Waals surface area (Å²) in [4.78, 5) is 0. The van der Waals surface area contributed by atoms with Gasteiger partial charge in [0.2, 0.25) is 0 Å². The van der Waals surface area contributed by atoms with Gasteiger partial charge in [0, 0.05) is 13.1 Å². The first-order valence-electron chi connectivity index (χ1n) is 8.56. The molecule has 2 saturated carbocycles. The number of nitrogens with zero attached hydrogens (tertiary/aromatic N) is 1. The molecular weight excluding hydrogens is 253 g/mol. The molecule has 3 aliphatic rings. The summed E-state index contributed by atoms with van der Waals surface area (Å²) in [7, 11) is 0.138. The molecule has 3 rings (SSSR count). The molecule has 110 valence electrons. The molecule has 1 heterocycles. The highest BCUT2D eigenvalue weighted by Crippen LogP contribution is 2.58. The first-order chi connectivity index (χ1) is 9.45. The molecule has 0 bridgehead atoms. The molecule has 0 aromatic carbocycles. The van der Waals surface area contributed by atoms with E-state index in [0.717, 1.165) is 24.5 Å². The molecule has 19 heavy (non-hydrogen) atoms. The Bertz CT molecular complexity index is 213. The standard InChI is InChI=1S/C16H30NOP/c1-3-7-15(8-4-1)19(16-9-5-2-6-10-16)17-11-13-18-14-12-17/h15-16H,1-14H2. The Kier molecular flexibility index (Phi) is 5.56. The minimum atomic E-state index is 0.138. The van der Waals surface area contributed by atoms with Gasteiger partial charge in [-0.25, -0.2) is 0 Å². The van der Waals surface area contributed by atoms with Crippen molar-refractivity contribution < 1.29 is 4.74 Å². The number of hydrogen-bond acceptors (Lipinski definition) is 2. The van der Waals surface area contributed by atoms with Gasteiger partial charge in [-0.05, 0) is 45.1 Å². The summed E-state index contributed by atoms with van der Waals surface area (Å²) in [5.41, 5.74) is 2.12. The fourth-order valence-electron chi connectivity index (χ4n) is 4.24. The normalized spacial score (nSPS) is 28.9. The zero-order chi connectivity index (χ0) is 12.9. The average molecular weight is 283 g/mol. The van der Waals surface area contributed by atoms with E-state index in [-0.39, 0.29) is 8.07 Å². The molecule has 0 N–H and O–H groups in total. The number of ether oxygens (including phenoxy) is 1. The van der Waals surface area contributed by atoms with Crippen molar-refractivity contribution in [2.24, 2.45) is 0 Å². The van der Waals surface area contributed by atoms with Gasteiger partial charge < -0.3 is 4.74 Å². The maximum atomic E-state index is 5.59. The SMILES string of the molecule is C1CCC(P(C2CCCCC2)N2CCOCC2)CC1. The van der Waals surface area contributed by atoms with Crippen molar-refractivity contribution in [3.63, 3.8) is 0 Å². The lowest BCUT2D eigenvalue weighted by Crippen LogP contribution is -2.38. The highest BCUT2D eigenvalue weighted by Gasteiger charge is 2.35. The lowest BCUT2D eigenvalue weighted by Gasteiger charge is -2.46. The predicted molar refractivity (Wildman–Crippen MR) is 83.1 cm³/mol. The summed E-state index contributed by atoms with van der Waals surface area (Å²) in [5, 5.41) is 0. The van der Waals surface area contributed by atoms with E-state index in [0.29, 0.717) is 0 Å². The molecule has 1 saturated heterocycles. The van der Waals surface area contributed by atoms with Gasteiger partial charge in [0.15, 0.2) is 0 Å². The molecule has 0 amide bonds. The van der Waals surface area contributed by atoms with E-state index in [1.165, 1.54) is 77.3 Å². The molecule has 3 fully saturated rings. The van der Waals surface area contributed by atoms with E-state index < -0.39 is 0 Å². The third-order valence-electron chi connectivity index (χ3n) is 5.21. The smallest absolute Gasteiger partial charge is 0.0597 e. The van der Waals surface area contributed by atoms with Crippen LogP contribution < -0.4 is 0 Å². The van der Waals surface area contributed by atoms with Crippen LogP contribution in [0.15, 0.2) is 0 Å². The van der Waals surface area contributed by atoms with Gasteiger partial charge in [-0.3, -0.25) is 4.67 Å². The van der Waals surface area contributed by atoms with Crippen LogP contribution in [0.2, 0.25) is 0 Å². The summed E-state index contributed by atoms with van der Waals surface area (Å²) in [6.07, 6.45) is 15.1. The van der Waals surface area contributed by atoms with Crippen molar-refractivity contribution >= 4 is 8.07 Å². The van der Waals surface area contributed by atoms with Crippen LogP contribution in [0.5, 0.6) is 0 Å². The van der Waals surface area contributed by atoms with E-state index in [1.807, 2.05) is 0 Å². The zero-order valence-electron chi connectivity index (χ0n) is 12.4. The van der Waals surface area contributed by atoms with Crippen LogP contribution in [-0.2, 0) is 4.74 Å². The predicted octanol–water partition coefficient (Wildman–Crippen LogP) is 4.38. The van der Waals surface area contributed by atoms with E-state index >= 15 is 0 Å². The molecule has 3 heteroatoms. The van der Waals surface area contributed by atoms with E-state index in [1.54, 1.807) is 0 Å². The third-order valence-corrected chi connectivity index (χ3v) is 8.79. The molecular formula is C16H30NOP. The molecule has 2 aliphatic carbocycles. The fourth-order valence-corrected chi connectivity index (χ4v) is 8.17. The van der Waals surface area contributed by atoms with Crippen LogP contribution >= 0.6 is 8.07 Å². The van der Waals surface area contributed by atoms with Gasteiger partial charge in [0.25, 0.3) is 0 Å². The second-order valence-electron chi connectivity index (χ2n) is 6.53. The molecule has 0 atom stereocenters. The third kappa shape index (κ3) is 3.71. The minimum absolute atomic E-state index is 0.138. The Morgan fingerprint density at radius 3 is 1.63 bits per heavy atom. The second-order valence-corrected chi connectivity index (χ2v) is 9.32. The topological polar surface area (TPSA) is 12.5 Å². The van der Waals surface area contributed by atoms with Gasteiger partial charge in [0.05, 0.1) is 13.2 Å². The number of rotatable bonds is 3. The molecule has 0 aromatic rings. The van der Waals surface area contributed by atoms with Crippen molar-refractivity contribution in [1.82, 2.24) is 4.67 Å². The van der Waals surface area contributed by atoms with E-state index in [9.17, 15) is 0 Å². The summed E-state index contributed by atoms with van der Waals surface area (Å²) in [6.45, 7) is 4.41. The van der Waals surface area contributed by atoms with E-state index in [2.05, 4.69) is 4.67 Å². The first-order valence-corrected chi connectivity index (χ1v) is 9.99. The molecule has 2 nitrogen and oxygen atoms in total. The Hall–Kier alpha value is 0.350. The summed E-state index contributed by atoms with van der Waals surface area (Å²) < 4.78 is 8.47. The summed E-state index contributed by atoms with van der Waals surface area (Å²) in [6, 6.07) is 0. The zero-order valence-corrected chi connectivity index (χ0v) is 13.3. The highest BCUT2D eigenvalue weighted by molar-refractivity contribution is 7.56. The van der Waals surface area contributed by atoms with Gasteiger partial charge in [-0.15, -0.1) is 0 Å². The molecule has 0 unspecified atom stereocenters. The Balaban J connectivity index is 1.68. The van der Waals surface area contributed by atoms with Crippen LogP contribution in [0.3, 0.4) is 0 Å². The van der Waals surface area contributed by atoms with Crippen molar-refractivity contribution in [1.29, 1.82) is 0 Å². The van der Waals surface area contributed by atoms with Crippen molar-refractivity contribution in [3.8, 4) is 0 Å². The number of hydrogen-bond donors (Lipinski definition) is 0. The minimum Gasteiger partial charge on any atom is -0.379 e. The number of morpholine rings is 1. The van der Waals surface area contributed by atoms with Crippen molar-refractivity contribution in [2.75, 3.05) is 26.3 Å². The lowest BCUT2D eigenvalue weighted by atomic mass is 10.00. The van der Waals surface area contributed by atoms with Gasteiger partial charge >= 0.3 is 0 Å². The van der Waals surface area contributed by atoms with Crippen LogP contribution in [0.25, 0.3) is 0 Å². The molecule has 0 aromatic heterocycles. The second kappa shape index (κ2) is 7.38. The van der Waals surface area contributed by atoms with Crippen LogP contribution in [0.1, 0.15) is 64.2 Å². The van der Waals surface area contributed by atoms with Crippen molar-refractivity contribution in [2.45, 2.75) is 75.5 Å². The summed E-state index contributed by atoms with van der Waals surface area (Å²) >= 11 is 0. The lowest BCUT2D eigenvalue weighted by molar-refractivity contribution is 0.0735. The van der Waals surface area contributed by atoms with Gasteiger partial charge in [-0.1, -0.05) is 38.5 Å². The Morgan fingerprint density at radius 2 is 1.16 bits per heavy atom. The van der Waals surface area contributed by atoms with Gasteiger partial charge in [-0.2, -0.15) is 0 Å². The Labute approximate surface area is 120 Å². The van der Waals surface area contributed by atoms with Crippen LogP contribution in [-0.4, -0.2) is 42.3 Å². The maximum Gasteiger partial charge on any atom is 0.0597 e. The quantitative estimate of drug-likeness (QED) is 0.713. The first kappa shape index (κ1) is 14.3. The maximum absolute atomic E-state index is 5.59. The molecule has 0 spiro atoms. The average Bonchev–Trinajstić information content (AvgIpc) is 2.51. The van der Waals surface area contributed by atoms with Crippen LogP contribution in [0.4, 0.5) is 0 Å². The molecule has 1 aliphatic heterocycles. The summed E-state index contributed by atoms with van der Waals surface area (Å²) in [5.74, 6) is 0. The van der Waals surface area contributed by atoms with Crippen molar-refractivity contribution in [3.05, 3.63) is 0 Å².